The van der Waals surface area contributed by atoms with Crippen molar-refractivity contribution in [2.45, 2.75) is 13.8 Å². The first-order valence-electron chi connectivity index (χ1n) is 6.77. The molecule has 0 unspecified atom stereocenters. The standard InChI is InChI=1S/C15H12N4O4/c1-8-5-6-11(9(2)12(8)19(22)23)18-13-10(4-3-7-16-13)14(20)17-15(18)21/h3-7H,1-2H3,(H,17,20,21). The SMILES string of the molecule is Cc1ccc(-n2c(=O)[nH]c(=O)c3cccnc32)c(C)c1[N+](=O)[O-]. The molecule has 116 valence electrons. The number of benzene rings is 1. The number of aryl methyl sites for hydroxylation is 1. The van der Waals surface area contributed by atoms with Gasteiger partial charge >= 0.3 is 5.69 Å². The largest absolute Gasteiger partial charge is 0.334 e. The molecule has 1 N–H and O–H groups in total. The third-order valence-corrected chi connectivity index (χ3v) is 3.69. The first-order valence-corrected chi connectivity index (χ1v) is 6.77. The van der Waals surface area contributed by atoms with E-state index in [1.165, 1.54) is 16.8 Å². The molecule has 0 aliphatic carbocycles. The smallest absolute Gasteiger partial charge is 0.273 e. The Labute approximate surface area is 129 Å². The molecule has 1 aromatic carbocycles. The molecule has 2 aromatic heterocycles. The Morgan fingerprint density at radius 2 is 1.96 bits per heavy atom. The summed E-state index contributed by atoms with van der Waals surface area (Å²) in [6.45, 7) is 3.19. The summed E-state index contributed by atoms with van der Waals surface area (Å²) < 4.78 is 1.18. The summed E-state index contributed by atoms with van der Waals surface area (Å²) in [5.41, 5.74) is -0.0161. The number of nitrogens with zero attached hydrogens (tertiary/aromatic N) is 3. The van der Waals surface area contributed by atoms with Crippen LogP contribution < -0.4 is 11.2 Å². The van der Waals surface area contributed by atoms with Gasteiger partial charge in [0.1, 0.15) is 0 Å². The molecule has 0 saturated carbocycles. The van der Waals surface area contributed by atoms with Crippen LogP contribution in [-0.4, -0.2) is 19.5 Å². The van der Waals surface area contributed by atoms with Crippen LogP contribution in [0, 0.1) is 24.0 Å². The van der Waals surface area contributed by atoms with E-state index in [4.69, 9.17) is 0 Å². The predicted octanol–water partition coefficient (Wildman–Crippen LogP) is 1.60. The average molecular weight is 312 g/mol. The van der Waals surface area contributed by atoms with E-state index in [9.17, 15) is 19.7 Å². The van der Waals surface area contributed by atoms with Gasteiger partial charge in [0.05, 0.1) is 21.6 Å². The van der Waals surface area contributed by atoms with Crippen molar-refractivity contribution in [2.24, 2.45) is 0 Å². The molecule has 0 fully saturated rings. The van der Waals surface area contributed by atoms with Crippen molar-refractivity contribution in [2.75, 3.05) is 0 Å². The Balaban J connectivity index is 2.48. The predicted molar refractivity (Wildman–Crippen MR) is 84.1 cm³/mol. The highest BCUT2D eigenvalue weighted by molar-refractivity contribution is 5.76. The van der Waals surface area contributed by atoms with E-state index in [0.29, 0.717) is 16.8 Å². The molecule has 3 aromatic rings. The number of nitro groups is 1. The number of pyridine rings is 1. The normalized spacial score (nSPS) is 10.9. The van der Waals surface area contributed by atoms with Crippen molar-refractivity contribution in [3.05, 3.63) is 72.5 Å². The summed E-state index contributed by atoms with van der Waals surface area (Å²) >= 11 is 0. The Morgan fingerprint density at radius 3 is 2.65 bits per heavy atom. The number of nitrogens with one attached hydrogen (secondary N) is 1. The fourth-order valence-electron chi connectivity index (χ4n) is 2.64. The molecular weight excluding hydrogens is 300 g/mol. The zero-order valence-corrected chi connectivity index (χ0v) is 12.4. The van der Waals surface area contributed by atoms with Crippen LogP contribution in [0.4, 0.5) is 5.69 Å². The van der Waals surface area contributed by atoms with Crippen LogP contribution in [0.25, 0.3) is 16.7 Å². The minimum Gasteiger partial charge on any atom is -0.273 e. The summed E-state index contributed by atoms with van der Waals surface area (Å²) in [6, 6.07) is 6.28. The number of aromatic nitrogens is 3. The van der Waals surface area contributed by atoms with Crippen LogP contribution in [0.5, 0.6) is 0 Å². The van der Waals surface area contributed by atoms with Crippen molar-refractivity contribution >= 4 is 16.7 Å². The summed E-state index contributed by atoms with van der Waals surface area (Å²) in [4.78, 5) is 41.2. The van der Waals surface area contributed by atoms with Gasteiger partial charge in [-0.25, -0.2) is 14.3 Å². The minimum absolute atomic E-state index is 0.0651. The Bertz CT molecular complexity index is 1070. The van der Waals surface area contributed by atoms with Crippen molar-refractivity contribution in [1.29, 1.82) is 0 Å². The summed E-state index contributed by atoms with van der Waals surface area (Å²) in [5.74, 6) is 0. The lowest BCUT2D eigenvalue weighted by molar-refractivity contribution is -0.386. The molecule has 8 heteroatoms. The maximum atomic E-state index is 12.3. The van der Waals surface area contributed by atoms with Gasteiger partial charge in [-0.2, -0.15) is 0 Å². The second-order valence-electron chi connectivity index (χ2n) is 5.10. The van der Waals surface area contributed by atoms with Gasteiger partial charge in [-0.05, 0) is 32.0 Å². The zero-order chi connectivity index (χ0) is 16.7. The Morgan fingerprint density at radius 1 is 1.22 bits per heavy atom. The first kappa shape index (κ1) is 14.6. The highest BCUT2D eigenvalue weighted by Gasteiger charge is 2.20. The number of hydrogen-bond acceptors (Lipinski definition) is 5. The molecule has 3 rings (SSSR count). The topological polar surface area (TPSA) is 111 Å². The van der Waals surface area contributed by atoms with Crippen LogP contribution in [-0.2, 0) is 0 Å². The van der Waals surface area contributed by atoms with Crippen molar-refractivity contribution in [3.63, 3.8) is 0 Å². The molecule has 0 aliphatic rings. The van der Waals surface area contributed by atoms with Crippen LogP contribution in [0.3, 0.4) is 0 Å². The fraction of sp³-hybridized carbons (Fsp3) is 0.133. The van der Waals surface area contributed by atoms with E-state index >= 15 is 0 Å². The molecular formula is C15H12N4O4. The maximum absolute atomic E-state index is 12.3. The van der Waals surface area contributed by atoms with Gasteiger partial charge < -0.3 is 0 Å². The molecule has 0 saturated heterocycles. The number of hydrogen-bond donors (Lipinski definition) is 1. The van der Waals surface area contributed by atoms with Crippen LogP contribution in [0.2, 0.25) is 0 Å². The maximum Gasteiger partial charge on any atom is 0.334 e. The van der Waals surface area contributed by atoms with Gasteiger partial charge in [-0.3, -0.25) is 19.9 Å². The molecule has 23 heavy (non-hydrogen) atoms. The molecule has 0 bridgehead atoms. The van der Waals surface area contributed by atoms with Crippen molar-refractivity contribution in [3.8, 4) is 5.69 Å². The Hall–Kier alpha value is -3.29. The van der Waals surface area contributed by atoms with Crippen LogP contribution in [0.15, 0.2) is 40.1 Å². The third kappa shape index (κ3) is 2.20. The van der Waals surface area contributed by atoms with Gasteiger partial charge in [0, 0.05) is 11.8 Å². The second kappa shape index (κ2) is 5.16. The van der Waals surface area contributed by atoms with E-state index in [1.54, 1.807) is 32.0 Å². The number of fused-ring (bicyclic) bond motifs is 1. The van der Waals surface area contributed by atoms with Gasteiger partial charge in [0.15, 0.2) is 5.65 Å². The van der Waals surface area contributed by atoms with Crippen LogP contribution in [0.1, 0.15) is 11.1 Å². The quantitative estimate of drug-likeness (QED) is 0.570. The van der Waals surface area contributed by atoms with Gasteiger partial charge in [0.25, 0.3) is 11.2 Å². The minimum atomic E-state index is -0.692. The second-order valence-corrected chi connectivity index (χ2v) is 5.10. The third-order valence-electron chi connectivity index (χ3n) is 3.69. The van der Waals surface area contributed by atoms with Gasteiger partial charge in [-0.1, -0.05) is 6.07 Å². The highest BCUT2D eigenvalue weighted by atomic mass is 16.6. The van der Waals surface area contributed by atoms with E-state index in [0.717, 1.165) is 0 Å². The van der Waals surface area contributed by atoms with Gasteiger partial charge in [-0.15, -0.1) is 0 Å². The van der Waals surface area contributed by atoms with E-state index < -0.39 is 16.2 Å². The number of rotatable bonds is 2. The average Bonchev–Trinajstić information content (AvgIpc) is 2.49. The van der Waals surface area contributed by atoms with E-state index in [1.807, 2.05) is 0 Å². The lowest BCUT2D eigenvalue weighted by Crippen LogP contribution is -2.30. The summed E-state index contributed by atoms with van der Waals surface area (Å²) in [5, 5.41) is 11.5. The molecule has 8 nitrogen and oxygen atoms in total. The monoisotopic (exact) mass is 312 g/mol. The Kier molecular flexibility index (Phi) is 3.29. The van der Waals surface area contributed by atoms with Crippen LogP contribution >= 0.6 is 0 Å². The van der Waals surface area contributed by atoms with Crippen molar-refractivity contribution < 1.29 is 4.92 Å². The molecule has 2 heterocycles. The zero-order valence-electron chi connectivity index (χ0n) is 12.4. The number of nitro benzene ring substituents is 1. The summed E-state index contributed by atoms with van der Waals surface area (Å²) in [6.07, 6.45) is 1.45. The highest BCUT2D eigenvalue weighted by Crippen LogP contribution is 2.28. The van der Waals surface area contributed by atoms with E-state index in [2.05, 4.69) is 9.97 Å². The number of aromatic amines is 1. The lowest BCUT2D eigenvalue weighted by Gasteiger charge is -2.12. The molecule has 0 amide bonds. The number of H-pyrrole nitrogens is 1. The summed E-state index contributed by atoms with van der Waals surface area (Å²) in [7, 11) is 0. The molecule has 0 atom stereocenters. The molecule has 0 aliphatic heterocycles. The first-order chi connectivity index (χ1) is 10.9. The molecule has 0 spiro atoms. The lowest BCUT2D eigenvalue weighted by atomic mass is 10.1. The van der Waals surface area contributed by atoms with Crippen molar-refractivity contribution in [1.82, 2.24) is 14.5 Å². The fourth-order valence-corrected chi connectivity index (χ4v) is 2.64. The van der Waals surface area contributed by atoms with Gasteiger partial charge in [0.2, 0.25) is 0 Å². The van der Waals surface area contributed by atoms with E-state index in [-0.39, 0.29) is 16.7 Å². The molecule has 0 radical (unpaired) electrons.